The summed E-state index contributed by atoms with van der Waals surface area (Å²) < 4.78 is 7.69. The zero-order valence-electron chi connectivity index (χ0n) is 13.1. The lowest BCUT2D eigenvalue weighted by molar-refractivity contribution is 0.185. The molecule has 1 aromatic heterocycles. The number of methoxy groups -OCH3 is 1. The van der Waals surface area contributed by atoms with E-state index in [1.54, 1.807) is 7.11 Å². The highest BCUT2D eigenvalue weighted by molar-refractivity contribution is 5.76. The minimum absolute atomic E-state index is 0.182. The van der Waals surface area contributed by atoms with Gasteiger partial charge in [-0.15, -0.1) is 0 Å². The van der Waals surface area contributed by atoms with Crippen molar-refractivity contribution in [1.82, 2.24) is 14.9 Å². The Morgan fingerprint density at radius 3 is 2.95 bits per heavy atom. The average molecular weight is 287 g/mol. The van der Waals surface area contributed by atoms with Crippen LogP contribution >= 0.6 is 0 Å². The number of rotatable bonds is 6. The Morgan fingerprint density at radius 2 is 2.24 bits per heavy atom. The summed E-state index contributed by atoms with van der Waals surface area (Å²) in [7, 11) is 1.76. The van der Waals surface area contributed by atoms with Crippen LogP contribution in [0, 0.1) is 0 Å². The third-order valence-electron chi connectivity index (χ3n) is 4.62. The number of imidazole rings is 1. The summed E-state index contributed by atoms with van der Waals surface area (Å²) in [6.07, 6.45) is 3.56. The van der Waals surface area contributed by atoms with Gasteiger partial charge in [0.05, 0.1) is 17.6 Å². The van der Waals surface area contributed by atoms with E-state index in [1.807, 2.05) is 0 Å². The van der Waals surface area contributed by atoms with Crippen molar-refractivity contribution in [3.8, 4) is 0 Å². The van der Waals surface area contributed by atoms with E-state index >= 15 is 0 Å². The van der Waals surface area contributed by atoms with Crippen molar-refractivity contribution in [2.75, 3.05) is 26.8 Å². The van der Waals surface area contributed by atoms with Gasteiger partial charge in [-0.2, -0.15) is 0 Å². The molecule has 0 amide bonds. The Morgan fingerprint density at radius 1 is 1.38 bits per heavy atom. The lowest BCUT2D eigenvalue weighted by Crippen LogP contribution is -2.33. The molecule has 1 aromatic carbocycles. The maximum atomic E-state index is 5.31. The highest BCUT2D eigenvalue weighted by Gasteiger charge is 2.39. The molecule has 1 atom stereocenters. The molecule has 1 saturated heterocycles. The van der Waals surface area contributed by atoms with Crippen molar-refractivity contribution >= 4 is 11.0 Å². The van der Waals surface area contributed by atoms with Crippen LogP contribution < -0.4 is 5.32 Å². The molecular weight excluding hydrogens is 262 g/mol. The maximum absolute atomic E-state index is 5.31. The minimum Gasteiger partial charge on any atom is -0.383 e. The fraction of sp³-hybridized carbons (Fsp3) is 0.588. The summed E-state index contributed by atoms with van der Waals surface area (Å²) in [6, 6.07) is 8.45. The molecule has 114 valence electrons. The lowest BCUT2D eigenvalue weighted by Gasteiger charge is -2.28. The highest BCUT2D eigenvalue weighted by atomic mass is 16.5. The second-order valence-electron chi connectivity index (χ2n) is 6.03. The normalized spacial score (nSPS) is 22.2. The monoisotopic (exact) mass is 287 g/mol. The van der Waals surface area contributed by atoms with Gasteiger partial charge in [0.25, 0.3) is 0 Å². The first-order valence-corrected chi connectivity index (χ1v) is 7.96. The van der Waals surface area contributed by atoms with Gasteiger partial charge in [0.2, 0.25) is 0 Å². The second-order valence-corrected chi connectivity index (χ2v) is 6.03. The first kappa shape index (κ1) is 14.5. The maximum Gasteiger partial charge on any atom is 0.117 e. The Bertz CT molecular complexity index is 599. The van der Waals surface area contributed by atoms with Crippen molar-refractivity contribution < 1.29 is 4.74 Å². The largest absolute Gasteiger partial charge is 0.383 e. The number of nitrogens with zero attached hydrogens (tertiary/aromatic N) is 2. The number of nitrogens with one attached hydrogen (secondary N) is 1. The molecule has 21 heavy (non-hydrogen) atoms. The van der Waals surface area contributed by atoms with Gasteiger partial charge < -0.3 is 14.6 Å². The molecule has 0 aliphatic carbocycles. The van der Waals surface area contributed by atoms with Gasteiger partial charge in [0.1, 0.15) is 5.82 Å². The number of hydrogen-bond acceptors (Lipinski definition) is 3. The zero-order valence-corrected chi connectivity index (χ0v) is 13.1. The number of para-hydroxylation sites is 2. The Labute approximate surface area is 126 Å². The van der Waals surface area contributed by atoms with E-state index in [9.17, 15) is 0 Å². The van der Waals surface area contributed by atoms with Crippen LogP contribution in [0.3, 0.4) is 0 Å². The summed E-state index contributed by atoms with van der Waals surface area (Å²) >= 11 is 0. The summed E-state index contributed by atoms with van der Waals surface area (Å²) in [5.41, 5.74) is 2.51. The molecule has 0 radical (unpaired) electrons. The smallest absolute Gasteiger partial charge is 0.117 e. The predicted octanol–water partition coefficient (Wildman–Crippen LogP) is 2.71. The fourth-order valence-corrected chi connectivity index (χ4v) is 3.63. The van der Waals surface area contributed by atoms with Crippen LogP contribution in [-0.2, 0) is 16.7 Å². The van der Waals surface area contributed by atoms with Gasteiger partial charge in [-0.3, -0.25) is 0 Å². The molecule has 0 saturated carbocycles. The van der Waals surface area contributed by atoms with Crippen molar-refractivity contribution in [2.45, 2.75) is 38.1 Å². The van der Waals surface area contributed by atoms with Crippen molar-refractivity contribution in [1.29, 1.82) is 0 Å². The van der Waals surface area contributed by atoms with Gasteiger partial charge in [-0.05, 0) is 31.5 Å². The van der Waals surface area contributed by atoms with E-state index in [0.29, 0.717) is 0 Å². The van der Waals surface area contributed by atoms with Gasteiger partial charge in [0.15, 0.2) is 0 Å². The number of benzene rings is 1. The predicted molar refractivity (Wildman–Crippen MR) is 85.7 cm³/mol. The Kier molecular flexibility index (Phi) is 4.27. The van der Waals surface area contributed by atoms with Crippen LogP contribution in [0.25, 0.3) is 11.0 Å². The number of hydrogen-bond donors (Lipinski definition) is 1. The lowest BCUT2D eigenvalue weighted by atomic mass is 9.81. The van der Waals surface area contributed by atoms with E-state index in [4.69, 9.17) is 9.72 Å². The molecule has 0 spiro atoms. The van der Waals surface area contributed by atoms with Gasteiger partial charge in [0, 0.05) is 25.6 Å². The van der Waals surface area contributed by atoms with E-state index in [2.05, 4.69) is 41.1 Å². The van der Waals surface area contributed by atoms with Crippen LogP contribution in [0.5, 0.6) is 0 Å². The first-order chi connectivity index (χ1) is 10.3. The van der Waals surface area contributed by atoms with E-state index in [0.717, 1.165) is 31.8 Å². The average Bonchev–Trinajstić information content (AvgIpc) is 3.11. The van der Waals surface area contributed by atoms with Crippen LogP contribution in [0.4, 0.5) is 0 Å². The van der Waals surface area contributed by atoms with Gasteiger partial charge in [-0.25, -0.2) is 4.98 Å². The van der Waals surface area contributed by atoms with Crippen LogP contribution in [0.1, 0.15) is 32.0 Å². The molecule has 4 heteroatoms. The van der Waals surface area contributed by atoms with Crippen LogP contribution in [0.15, 0.2) is 24.3 Å². The molecule has 1 N–H and O–H groups in total. The van der Waals surface area contributed by atoms with Crippen molar-refractivity contribution in [3.05, 3.63) is 30.1 Å². The molecule has 2 heterocycles. The van der Waals surface area contributed by atoms with E-state index in [1.165, 1.54) is 30.6 Å². The van der Waals surface area contributed by atoms with Crippen LogP contribution in [-0.4, -0.2) is 36.4 Å². The van der Waals surface area contributed by atoms with Gasteiger partial charge in [-0.1, -0.05) is 25.5 Å². The quantitative estimate of drug-likeness (QED) is 0.888. The molecule has 0 bridgehead atoms. The van der Waals surface area contributed by atoms with Gasteiger partial charge >= 0.3 is 0 Å². The topological polar surface area (TPSA) is 39.1 Å². The third-order valence-corrected chi connectivity index (χ3v) is 4.62. The third kappa shape index (κ3) is 2.58. The van der Waals surface area contributed by atoms with E-state index in [-0.39, 0.29) is 5.41 Å². The molecule has 2 aromatic rings. The van der Waals surface area contributed by atoms with Crippen molar-refractivity contribution in [3.63, 3.8) is 0 Å². The molecule has 3 rings (SSSR count). The second kappa shape index (κ2) is 6.16. The Hall–Kier alpha value is -1.39. The number of fused-ring (bicyclic) bond motifs is 1. The molecule has 1 aliphatic rings. The molecule has 4 nitrogen and oxygen atoms in total. The Balaban J connectivity index is 2.11. The first-order valence-electron chi connectivity index (χ1n) is 7.96. The molecule has 1 aliphatic heterocycles. The number of ether oxygens (including phenoxy) is 1. The van der Waals surface area contributed by atoms with Crippen LogP contribution in [0.2, 0.25) is 0 Å². The van der Waals surface area contributed by atoms with E-state index < -0.39 is 0 Å². The fourth-order valence-electron chi connectivity index (χ4n) is 3.63. The minimum atomic E-state index is 0.182. The zero-order chi connectivity index (χ0) is 14.7. The molecular formula is C17H25N3O. The summed E-state index contributed by atoms with van der Waals surface area (Å²) in [6.45, 7) is 5.99. The summed E-state index contributed by atoms with van der Waals surface area (Å²) in [5, 5.41) is 3.54. The summed E-state index contributed by atoms with van der Waals surface area (Å²) in [4.78, 5) is 5.01. The highest BCUT2D eigenvalue weighted by Crippen LogP contribution is 2.36. The summed E-state index contributed by atoms with van der Waals surface area (Å²) in [5.74, 6) is 1.24. The SMILES string of the molecule is CCCC1(c2nc3ccccc3n2CCOC)CCNC1. The number of aromatic nitrogens is 2. The van der Waals surface area contributed by atoms with Crippen molar-refractivity contribution in [2.24, 2.45) is 0 Å². The molecule has 1 fully saturated rings. The molecule has 1 unspecified atom stereocenters. The standard InChI is InChI=1S/C17H25N3O/c1-3-8-17(9-10-18-13-17)16-19-14-6-4-5-7-15(14)20(16)11-12-21-2/h4-7,18H,3,8-13H2,1-2H3.